The van der Waals surface area contributed by atoms with Gasteiger partial charge in [-0.3, -0.25) is 0 Å². The Morgan fingerprint density at radius 2 is 1.90 bits per heavy atom. The molecule has 0 saturated heterocycles. The van der Waals surface area contributed by atoms with Crippen LogP contribution in [0.1, 0.15) is 24.1 Å². The van der Waals surface area contributed by atoms with E-state index in [9.17, 15) is 0 Å². The largest absolute Gasteiger partial charge is 0.493 e. The molecule has 0 aromatic heterocycles. The van der Waals surface area contributed by atoms with Gasteiger partial charge in [0.25, 0.3) is 0 Å². The molecule has 1 atom stereocenters. The number of benzene rings is 2. The smallest absolute Gasteiger partial charge is 0.161 e. The maximum atomic E-state index is 5.89. The highest BCUT2D eigenvalue weighted by Gasteiger charge is 2.10. The second-order valence-electron chi connectivity index (χ2n) is 4.80. The number of hydrogen-bond donors (Lipinski definition) is 1. The lowest BCUT2D eigenvalue weighted by atomic mass is 10.1. The van der Waals surface area contributed by atoms with Crippen LogP contribution >= 0.6 is 15.9 Å². The van der Waals surface area contributed by atoms with Crippen molar-refractivity contribution in [3.8, 4) is 11.5 Å². The minimum absolute atomic E-state index is 0.274. The number of hydrogen-bond acceptors (Lipinski definition) is 3. The number of rotatable bonds is 6. The average Bonchev–Trinajstić information content (AvgIpc) is 2.53. The zero-order chi connectivity index (χ0) is 15.2. The standard InChI is InChI=1S/C17H20BrNO2/c1-12(19-2)13-8-9-16(17(10-13)20-3)21-11-14-6-4-5-7-15(14)18/h4-10,12,19H,11H2,1-3H3. The van der Waals surface area contributed by atoms with E-state index >= 15 is 0 Å². The molecule has 0 saturated carbocycles. The molecule has 2 aromatic rings. The van der Waals surface area contributed by atoms with Crippen molar-refractivity contribution in [1.82, 2.24) is 5.32 Å². The van der Waals surface area contributed by atoms with Crippen molar-refractivity contribution in [2.24, 2.45) is 0 Å². The Hall–Kier alpha value is -1.52. The molecule has 0 bridgehead atoms. The van der Waals surface area contributed by atoms with Gasteiger partial charge in [-0.2, -0.15) is 0 Å². The van der Waals surface area contributed by atoms with Crippen LogP contribution in [0.5, 0.6) is 11.5 Å². The van der Waals surface area contributed by atoms with Crippen LogP contribution < -0.4 is 14.8 Å². The van der Waals surface area contributed by atoms with Crippen molar-refractivity contribution in [2.45, 2.75) is 19.6 Å². The van der Waals surface area contributed by atoms with Gasteiger partial charge in [0.15, 0.2) is 11.5 Å². The van der Waals surface area contributed by atoms with Crippen LogP contribution in [0.25, 0.3) is 0 Å². The fourth-order valence-electron chi connectivity index (χ4n) is 2.01. The third kappa shape index (κ3) is 3.99. The summed E-state index contributed by atoms with van der Waals surface area (Å²) in [6.45, 7) is 2.61. The van der Waals surface area contributed by atoms with Crippen molar-refractivity contribution in [3.05, 3.63) is 58.1 Å². The van der Waals surface area contributed by atoms with Crippen molar-refractivity contribution in [3.63, 3.8) is 0 Å². The Balaban J connectivity index is 2.15. The molecular formula is C17H20BrNO2. The van der Waals surface area contributed by atoms with Gasteiger partial charge >= 0.3 is 0 Å². The summed E-state index contributed by atoms with van der Waals surface area (Å²) in [7, 11) is 3.60. The van der Waals surface area contributed by atoms with Gasteiger partial charge in [0.2, 0.25) is 0 Å². The lowest BCUT2D eigenvalue weighted by molar-refractivity contribution is 0.283. The summed E-state index contributed by atoms with van der Waals surface area (Å²) >= 11 is 3.53. The molecule has 4 heteroatoms. The lowest BCUT2D eigenvalue weighted by Crippen LogP contribution is -2.12. The average molecular weight is 350 g/mol. The fourth-order valence-corrected chi connectivity index (χ4v) is 2.41. The highest BCUT2D eigenvalue weighted by atomic mass is 79.9. The predicted molar refractivity (Wildman–Crippen MR) is 88.9 cm³/mol. The lowest BCUT2D eigenvalue weighted by Gasteiger charge is -2.15. The zero-order valence-corrected chi connectivity index (χ0v) is 14.1. The van der Waals surface area contributed by atoms with Crippen LogP contribution in [0.2, 0.25) is 0 Å². The number of ether oxygens (including phenoxy) is 2. The first-order valence-electron chi connectivity index (χ1n) is 6.87. The minimum Gasteiger partial charge on any atom is -0.493 e. The predicted octanol–water partition coefficient (Wildman–Crippen LogP) is 4.32. The third-order valence-electron chi connectivity index (χ3n) is 3.46. The summed E-state index contributed by atoms with van der Waals surface area (Å²) in [5, 5.41) is 3.21. The highest BCUT2D eigenvalue weighted by molar-refractivity contribution is 9.10. The van der Waals surface area contributed by atoms with Crippen LogP contribution in [0, 0.1) is 0 Å². The minimum atomic E-state index is 0.274. The van der Waals surface area contributed by atoms with E-state index in [1.165, 1.54) is 5.56 Å². The summed E-state index contributed by atoms with van der Waals surface area (Å²) < 4.78 is 12.4. The van der Waals surface area contributed by atoms with Crippen molar-refractivity contribution in [2.75, 3.05) is 14.2 Å². The van der Waals surface area contributed by atoms with Gasteiger partial charge < -0.3 is 14.8 Å². The van der Waals surface area contributed by atoms with E-state index in [0.717, 1.165) is 21.5 Å². The highest BCUT2D eigenvalue weighted by Crippen LogP contribution is 2.31. The Labute approximate surface area is 134 Å². The summed E-state index contributed by atoms with van der Waals surface area (Å²) in [5.74, 6) is 1.50. The van der Waals surface area contributed by atoms with Crippen molar-refractivity contribution < 1.29 is 9.47 Å². The molecule has 0 aliphatic heterocycles. The Morgan fingerprint density at radius 3 is 2.57 bits per heavy atom. The first-order chi connectivity index (χ1) is 10.2. The molecule has 0 fully saturated rings. The molecule has 0 aliphatic rings. The molecule has 3 nitrogen and oxygen atoms in total. The van der Waals surface area contributed by atoms with Crippen LogP contribution in [0.15, 0.2) is 46.9 Å². The molecule has 0 heterocycles. The molecule has 0 spiro atoms. The quantitative estimate of drug-likeness (QED) is 0.842. The molecule has 21 heavy (non-hydrogen) atoms. The van der Waals surface area contributed by atoms with Crippen molar-refractivity contribution >= 4 is 15.9 Å². The monoisotopic (exact) mass is 349 g/mol. The molecular weight excluding hydrogens is 330 g/mol. The summed E-state index contributed by atoms with van der Waals surface area (Å²) in [6.07, 6.45) is 0. The van der Waals surface area contributed by atoms with E-state index in [2.05, 4.69) is 34.2 Å². The maximum Gasteiger partial charge on any atom is 0.161 e. The molecule has 1 unspecified atom stereocenters. The second kappa shape index (κ2) is 7.48. The fraction of sp³-hybridized carbons (Fsp3) is 0.294. The van der Waals surface area contributed by atoms with E-state index in [0.29, 0.717) is 6.61 Å². The Bertz CT molecular complexity index is 601. The molecule has 0 radical (unpaired) electrons. The van der Waals surface area contributed by atoms with E-state index in [1.807, 2.05) is 43.4 Å². The van der Waals surface area contributed by atoms with Gasteiger partial charge in [0, 0.05) is 16.1 Å². The van der Waals surface area contributed by atoms with E-state index < -0.39 is 0 Å². The number of halogens is 1. The van der Waals surface area contributed by atoms with Gasteiger partial charge in [0.05, 0.1) is 7.11 Å². The van der Waals surface area contributed by atoms with Gasteiger partial charge in [-0.1, -0.05) is 40.2 Å². The topological polar surface area (TPSA) is 30.5 Å². The first kappa shape index (κ1) is 15.9. The molecule has 2 aromatic carbocycles. The van der Waals surface area contributed by atoms with Crippen LogP contribution in [0.4, 0.5) is 0 Å². The maximum absolute atomic E-state index is 5.89. The third-order valence-corrected chi connectivity index (χ3v) is 4.24. The summed E-state index contributed by atoms with van der Waals surface area (Å²) in [5.41, 5.74) is 2.27. The van der Waals surface area contributed by atoms with Crippen LogP contribution in [-0.2, 0) is 6.61 Å². The molecule has 2 rings (SSSR count). The molecule has 112 valence electrons. The number of nitrogens with one attached hydrogen (secondary N) is 1. The number of methoxy groups -OCH3 is 1. The normalized spacial score (nSPS) is 12.0. The Morgan fingerprint density at radius 1 is 1.14 bits per heavy atom. The van der Waals surface area contributed by atoms with Gasteiger partial charge in [-0.15, -0.1) is 0 Å². The summed E-state index contributed by atoms with van der Waals surface area (Å²) in [4.78, 5) is 0. The molecule has 0 aliphatic carbocycles. The Kier molecular flexibility index (Phi) is 5.65. The summed E-state index contributed by atoms with van der Waals surface area (Å²) in [6, 6.07) is 14.3. The van der Waals surface area contributed by atoms with Gasteiger partial charge in [-0.05, 0) is 37.7 Å². The van der Waals surface area contributed by atoms with Crippen LogP contribution in [-0.4, -0.2) is 14.2 Å². The van der Waals surface area contributed by atoms with Crippen LogP contribution in [0.3, 0.4) is 0 Å². The first-order valence-corrected chi connectivity index (χ1v) is 7.66. The molecule has 1 N–H and O–H groups in total. The van der Waals surface area contributed by atoms with Gasteiger partial charge in [0.1, 0.15) is 6.61 Å². The zero-order valence-electron chi connectivity index (χ0n) is 12.5. The molecule has 0 amide bonds. The van der Waals surface area contributed by atoms with E-state index in [-0.39, 0.29) is 6.04 Å². The second-order valence-corrected chi connectivity index (χ2v) is 5.66. The van der Waals surface area contributed by atoms with Crippen molar-refractivity contribution in [1.29, 1.82) is 0 Å². The van der Waals surface area contributed by atoms with E-state index in [4.69, 9.17) is 9.47 Å². The van der Waals surface area contributed by atoms with Gasteiger partial charge in [-0.25, -0.2) is 0 Å². The SMILES string of the molecule is CNC(C)c1ccc(OCc2ccccc2Br)c(OC)c1. The van der Waals surface area contributed by atoms with E-state index in [1.54, 1.807) is 7.11 Å².